The molecule has 116 valence electrons. The van der Waals surface area contributed by atoms with Gasteiger partial charge >= 0.3 is 0 Å². The fraction of sp³-hybridized carbons (Fsp3) is 0.579. The Kier molecular flexibility index (Phi) is 2.74. The normalized spacial score (nSPS) is 37.8. The maximum atomic E-state index is 10.3. The second kappa shape index (κ2) is 4.59. The van der Waals surface area contributed by atoms with Crippen LogP contribution in [-0.4, -0.2) is 40.2 Å². The molecule has 0 spiro atoms. The fourth-order valence-corrected chi connectivity index (χ4v) is 5.62. The summed E-state index contributed by atoms with van der Waals surface area (Å²) < 4.78 is 0. The predicted octanol–water partition coefficient (Wildman–Crippen LogP) is 2.90. The quantitative estimate of drug-likeness (QED) is 0.849. The van der Waals surface area contributed by atoms with E-state index in [1.54, 1.807) is 5.56 Å². The average Bonchev–Trinajstić information content (AvgIpc) is 2.86. The minimum atomic E-state index is -0.191. The van der Waals surface area contributed by atoms with Gasteiger partial charge in [0.05, 0.1) is 6.10 Å². The van der Waals surface area contributed by atoms with Gasteiger partial charge in [-0.3, -0.25) is 4.90 Å². The van der Waals surface area contributed by atoms with E-state index >= 15 is 0 Å². The monoisotopic (exact) mass is 296 g/mol. The Balaban J connectivity index is 1.67. The molecule has 4 heterocycles. The lowest BCUT2D eigenvalue weighted by Gasteiger charge is -2.54. The summed E-state index contributed by atoms with van der Waals surface area (Å²) in [6, 6.07) is 9.27. The number of aliphatic hydroxyl groups is 1. The van der Waals surface area contributed by atoms with E-state index < -0.39 is 0 Å². The van der Waals surface area contributed by atoms with Crippen LogP contribution in [0.4, 0.5) is 0 Å². The van der Waals surface area contributed by atoms with Gasteiger partial charge in [0.15, 0.2) is 0 Å². The largest absolute Gasteiger partial charge is 0.393 e. The SMILES string of the molecule is C[C@@H](O)[C@@H]1C[C@H]2C[C@H]3c4[nH]c5ccccc5c4CCN(C2)[C@@H]13. The number of hydrogen-bond donors (Lipinski definition) is 2. The summed E-state index contributed by atoms with van der Waals surface area (Å²) >= 11 is 0. The third kappa shape index (κ3) is 1.70. The van der Waals surface area contributed by atoms with Crippen LogP contribution in [0.5, 0.6) is 0 Å². The molecule has 3 nitrogen and oxygen atoms in total. The smallest absolute Gasteiger partial charge is 0.0555 e. The van der Waals surface area contributed by atoms with Crippen LogP contribution < -0.4 is 0 Å². The second-order valence-electron chi connectivity index (χ2n) is 7.65. The van der Waals surface area contributed by atoms with Crippen molar-refractivity contribution in [2.24, 2.45) is 11.8 Å². The third-order valence-electron chi connectivity index (χ3n) is 6.44. The highest BCUT2D eigenvalue weighted by Crippen LogP contribution is 2.50. The number of aliphatic hydroxyl groups excluding tert-OH is 1. The van der Waals surface area contributed by atoms with Gasteiger partial charge in [0.1, 0.15) is 0 Å². The van der Waals surface area contributed by atoms with Gasteiger partial charge in [-0.1, -0.05) is 18.2 Å². The summed E-state index contributed by atoms with van der Waals surface area (Å²) in [6.45, 7) is 4.38. The molecule has 3 heteroatoms. The van der Waals surface area contributed by atoms with Gasteiger partial charge in [0.25, 0.3) is 0 Å². The van der Waals surface area contributed by atoms with E-state index in [2.05, 4.69) is 34.1 Å². The van der Waals surface area contributed by atoms with Gasteiger partial charge in [0, 0.05) is 47.6 Å². The number of piperidine rings is 2. The van der Waals surface area contributed by atoms with Gasteiger partial charge in [-0.2, -0.15) is 0 Å². The number of rotatable bonds is 1. The second-order valence-corrected chi connectivity index (χ2v) is 7.65. The van der Waals surface area contributed by atoms with Crippen molar-refractivity contribution in [2.45, 2.75) is 44.2 Å². The van der Waals surface area contributed by atoms with E-state index in [1.165, 1.54) is 36.0 Å². The number of aromatic amines is 1. The standard InChI is InChI=1S/C19H24N2O/c1-11(22)15-8-12-9-16-18-14(6-7-21(10-12)19(15)16)13-4-2-3-5-17(13)20-18/h2-5,11-12,15-16,19-20,22H,6-10H2,1H3/t11-,12+,15+,16+,19+/m1/s1. The van der Waals surface area contributed by atoms with Crippen LogP contribution in [0.25, 0.3) is 10.9 Å². The number of benzene rings is 1. The van der Waals surface area contributed by atoms with Gasteiger partial charge in [-0.25, -0.2) is 0 Å². The molecule has 4 aliphatic rings. The average molecular weight is 296 g/mol. The molecule has 1 unspecified atom stereocenters. The first-order valence-corrected chi connectivity index (χ1v) is 8.74. The summed E-state index contributed by atoms with van der Waals surface area (Å²) in [7, 11) is 0. The molecule has 1 aliphatic carbocycles. The summed E-state index contributed by atoms with van der Waals surface area (Å²) in [5.74, 6) is 1.78. The molecule has 4 bridgehead atoms. The maximum absolute atomic E-state index is 10.3. The van der Waals surface area contributed by atoms with Crippen LogP contribution in [0.3, 0.4) is 0 Å². The minimum Gasteiger partial charge on any atom is -0.393 e. The highest BCUT2D eigenvalue weighted by molar-refractivity contribution is 5.85. The molecular formula is C19H24N2O. The number of fused-ring (bicyclic) bond motifs is 4. The number of nitrogens with one attached hydrogen (secondary N) is 1. The third-order valence-corrected chi connectivity index (χ3v) is 6.44. The van der Waals surface area contributed by atoms with E-state index in [0.29, 0.717) is 17.9 Å². The first-order valence-electron chi connectivity index (χ1n) is 8.74. The van der Waals surface area contributed by atoms with Crippen molar-refractivity contribution >= 4 is 10.9 Å². The van der Waals surface area contributed by atoms with Crippen LogP contribution in [0, 0.1) is 11.8 Å². The van der Waals surface area contributed by atoms with Gasteiger partial charge in [-0.05, 0) is 43.7 Å². The number of para-hydroxylation sites is 1. The molecule has 0 radical (unpaired) electrons. The Morgan fingerprint density at radius 2 is 2.14 bits per heavy atom. The van der Waals surface area contributed by atoms with Crippen molar-refractivity contribution in [3.63, 3.8) is 0 Å². The Labute approximate surface area is 131 Å². The van der Waals surface area contributed by atoms with Crippen LogP contribution in [-0.2, 0) is 6.42 Å². The molecule has 2 saturated heterocycles. The molecule has 1 aromatic heterocycles. The van der Waals surface area contributed by atoms with Gasteiger partial charge < -0.3 is 10.1 Å². The fourth-order valence-electron chi connectivity index (χ4n) is 5.62. The van der Waals surface area contributed by atoms with Crippen molar-refractivity contribution in [2.75, 3.05) is 13.1 Å². The molecular weight excluding hydrogens is 272 g/mol. The summed E-state index contributed by atoms with van der Waals surface area (Å²) in [4.78, 5) is 6.43. The van der Waals surface area contributed by atoms with Gasteiger partial charge in [0.2, 0.25) is 0 Å². The summed E-state index contributed by atoms with van der Waals surface area (Å²) in [5.41, 5.74) is 4.31. The molecule has 2 aromatic rings. The van der Waals surface area contributed by atoms with Crippen LogP contribution >= 0.6 is 0 Å². The Morgan fingerprint density at radius 3 is 3.00 bits per heavy atom. The van der Waals surface area contributed by atoms with Crippen LogP contribution in [0.2, 0.25) is 0 Å². The Bertz CT molecular complexity index is 719. The van der Waals surface area contributed by atoms with E-state index in [1.807, 2.05) is 6.92 Å². The number of nitrogens with zero attached hydrogens (tertiary/aromatic N) is 1. The Morgan fingerprint density at radius 1 is 1.27 bits per heavy atom. The molecule has 3 fully saturated rings. The molecule has 22 heavy (non-hydrogen) atoms. The first kappa shape index (κ1) is 13.1. The lowest BCUT2D eigenvalue weighted by molar-refractivity contribution is -0.0580. The Hall–Kier alpha value is -1.32. The topological polar surface area (TPSA) is 39.3 Å². The first-order chi connectivity index (χ1) is 10.7. The molecule has 6 atom stereocenters. The van der Waals surface area contributed by atoms with Gasteiger partial charge in [-0.15, -0.1) is 0 Å². The van der Waals surface area contributed by atoms with Crippen molar-refractivity contribution in [1.82, 2.24) is 9.88 Å². The highest BCUT2D eigenvalue weighted by atomic mass is 16.3. The van der Waals surface area contributed by atoms with Crippen LogP contribution in [0.15, 0.2) is 24.3 Å². The molecule has 2 N–H and O–H groups in total. The zero-order chi connectivity index (χ0) is 14.8. The number of hydrogen-bond acceptors (Lipinski definition) is 2. The van der Waals surface area contributed by atoms with E-state index in [-0.39, 0.29) is 6.10 Å². The zero-order valence-electron chi connectivity index (χ0n) is 13.1. The number of H-pyrrole nitrogens is 1. The summed E-state index contributed by atoms with van der Waals surface area (Å²) in [6.07, 6.45) is 3.46. The summed E-state index contributed by atoms with van der Waals surface area (Å²) in [5, 5.41) is 11.7. The zero-order valence-corrected chi connectivity index (χ0v) is 13.1. The van der Waals surface area contributed by atoms with E-state index in [4.69, 9.17) is 0 Å². The number of aromatic nitrogens is 1. The lowest BCUT2D eigenvalue weighted by Crippen LogP contribution is -2.58. The van der Waals surface area contributed by atoms with E-state index in [9.17, 15) is 5.11 Å². The minimum absolute atomic E-state index is 0.191. The maximum Gasteiger partial charge on any atom is 0.0555 e. The van der Waals surface area contributed by atoms with Crippen LogP contribution in [0.1, 0.15) is 36.9 Å². The molecule has 6 rings (SSSR count). The lowest BCUT2D eigenvalue weighted by atomic mass is 9.64. The van der Waals surface area contributed by atoms with Crippen molar-refractivity contribution in [3.05, 3.63) is 35.5 Å². The van der Waals surface area contributed by atoms with Crippen molar-refractivity contribution in [1.29, 1.82) is 0 Å². The van der Waals surface area contributed by atoms with Crippen molar-refractivity contribution in [3.8, 4) is 0 Å². The van der Waals surface area contributed by atoms with Crippen molar-refractivity contribution < 1.29 is 5.11 Å². The molecule has 3 aliphatic heterocycles. The van der Waals surface area contributed by atoms with E-state index in [0.717, 1.165) is 18.9 Å². The highest BCUT2D eigenvalue weighted by Gasteiger charge is 2.50. The molecule has 0 amide bonds. The molecule has 1 saturated carbocycles. The predicted molar refractivity (Wildman–Crippen MR) is 88.0 cm³/mol. The molecule has 1 aromatic carbocycles.